The average Bonchev–Trinajstić information content (AvgIpc) is 2.88. The molecule has 0 spiro atoms. The van der Waals surface area contributed by atoms with Crippen LogP contribution in [0.15, 0.2) is 47.3 Å². The fourth-order valence-corrected chi connectivity index (χ4v) is 4.81. The van der Waals surface area contributed by atoms with Gasteiger partial charge in [0.1, 0.15) is 18.1 Å². The number of fused-ring (bicyclic) bond motifs is 1. The van der Waals surface area contributed by atoms with Crippen molar-refractivity contribution in [1.82, 2.24) is 19.8 Å². The van der Waals surface area contributed by atoms with Crippen LogP contribution in [0.5, 0.6) is 5.75 Å². The molecule has 1 aliphatic heterocycles. The van der Waals surface area contributed by atoms with Gasteiger partial charge in [-0.2, -0.15) is 0 Å². The third-order valence-corrected chi connectivity index (χ3v) is 6.67. The molecule has 7 nitrogen and oxygen atoms in total. The second-order valence-electron chi connectivity index (χ2n) is 9.64. The van der Waals surface area contributed by atoms with Crippen LogP contribution in [0.2, 0.25) is 5.02 Å². The zero-order chi connectivity index (χ0) is 25.5. The summed E-state index contributed by atoms with van der Waals surface area (Å²) < 4.78 is 7.50. The van der Waals surface area contributed by atoms with Gasteiger partial charge >= 0.3 is 0 Å². The molecule has 2 aromatic carbocycles. The first kappa shape index (κ1) is 26.2. The summed E-state index contributed by atoms with van der Waals surface area (Å²) in [4.78, 5) is 33.4. The first-order valence-electron chi connectivity index (χ1n) is 12.9. The van der Waals surface area contributed by atoms with Crippen molar-refractivity contribution in [1.29, 1.82) is 0 Å². The molecule has 0 bridgehead atoms. The van der Waals surface area contributed by atoms with E-state index in [-0.39, 0.29) is 18.0 Å². The monoisotopic (exact) mass is 510 g/mol. The highest BCUT2D eigenvalue weighted by Gasteiger charge is 2.17. The predicted octanol–water partition coefficient (Wildman–Crippen LogP) is 4.74. The molecule has 1 fully saturated rings. The lowest BCUT2D eigenvalue weighted by Crippen LogP contribution is -2.35. The van der Waals surface area contributed by atoms with Gasteiger partial charge in [-0.15, -0.1) is 0 Å². The van der Waals surface area contributed by atoms with E-state index in [1.54, 1.807) is 30.3 Å². The van der Waals surface area contributed by atoms with E-state index in [2.05, 4.69) is 17.1 Å². The van der Waals surface area contributed by atoms with Crippen LogP contribution >= 0.6 is 11.6 Å². The third-order valence-electron chi connectivity index (χ3n) is 6.44. The highest BCUT2D eigenvalue weighted by molar-refractivity contribution is 6.30. The summed E-state index contributed by atoms with van der Waals surface area (Å²) in [5.74, 6) is 1.18. The minimum Gasteiger partial charge on any atom is -0.493 e. The van der Waals surface area contributed by atoms with Gasteiger partial charge in [0.2, 0.25) is 5.91 Å². The molecule has 36 heavy (non-hydrogen) atoms. The van der Waals surface area contributed by atoms with Gasteiger partial charge < -0.3 is 15.0 Å². The minimum absolute atomic E-state index is 0.123. The van der Waals surface area contributed by atoms with Crippen molar-refractivity contribution >= 4 is 28.4 Å². The van der Waals surface area contributed by atoms with Crippen LogP contribution in [0.25, 0.3) is 22.3 Å². The SMILES string of the molecule is CCCNC(=O)Cn1c(-c2cccc(Cl)c2)nc2ccc(OC[C@@H](C)CN3CCCCC3)cc2c1=O. The molecule has 1 amide bonds. The fourth-order valence-electron chi connectivity index (χ4n) is 4.62. The highest BCUT2D eigenvalue weighted by Crippen LogP contribution is 2.24. The molecule has 192 valence electrons. The number of carbonyl (C=O) groups excluding carboxylic acids is 1. The van der Waals surface area contributed by atoms with Crippen molar-refractivity contribution in [3.63, 3.8) is 0 Å². The Hall–Kier alpha value is -2.90. The van der Waals surface area contributed by atoms with Gasteiger partial charge in [-0.1, -0.05) is 44.0 Å². The van der Waals surface area contributed by atoms with Crippen LogP contribution in [-0.2, 0) is 11.3 Å². The highest BCUT2D eigenvalue weighted by atomic mass is 35.5. The van der Waals surface area contributed by atoms with E-state index in [9.17, 15) is 9.59 Å². The number of carbonyl (C=O) groups is 1. The lowest BCUT2D eigenvalue weighted by molar-refractivity contribution is -0.121. The molecular weight excluding hydrogens is 476 g/mol. The number of hydrogen-bond acceptors (Lipinski definition) is 5. The number of ether oxygens (including phenoxy) is 1. The largest absolute Gasteiger partial charge is 0.493 e. The van der Waals surface area contributed by atoms with Crippen molar-refractivity contribution in [2.45, 2.75) is 46.1 Å². The summed E-state index contributed by atoms with van der Waals surface area (Å²) in [6.45, 7) is 8.50. The number of benzene rings is 2. The molecule has 4 rings (SSSR count). The molecule has 0 radical (unpaired) electrons. The Labute approximate surface area is 217 Å². The summed E-state index contributed by atoms with van der Waals surface area (Å²) in [7, 11) is 0. The number of amides is 1. The lowest BCUT2D eigenvalue weighted by atomic mass is 10.1. The smallest absolute Gasteiger partial charge is 0.262 e. The van der Waals surface area contributed by atoms with Crippen molar-refractivity contribution in [2.75, 3.05) is 32.8 Å². The predicted molar refractivity (Wildman–Crippen MR) is 145 cm³/mol. The van der Waals surface area contributed by atoms with E-state index >= 15 is 0 Å². The molecule has 8 heteroatoms. The summed E-state index contributed by atoms with van der Waals surface area (Å²) in [5, 5.41) is 3.80. The van der Waals surface area contributed by atoms with Gasteiger partial charge in [0.25, 0.3) is 5.56 Å². The zero-order valence-electron chi connectivity index (χ0n) is 21.1. The van der Waals surface area contributed by atoms with Gasteiger partial charge in [-0.05, 0) is 62.7 Å². The maximum atomic E-state index is 13.6. The molecule has 1 saturated heterocycles. The zero-order valence-corrected chi connectivity index (χ0v) is 21.9. The van der Waals surface area contributed by atoms with E-state index < -0.39 is 0 Å². The number of rotatable bonds is 10. The summed E-state index contributed by atoms with van der Waals surface area (Å²) in [6.07, 6.45) is 4.67. The second-order valence-corrected chi connectivity index (χ2v) is 10.1. The number of piperidine rings is 1. The van der Waals surface area contributed by atoms with Crippen LogP contribution in [-0.4, -0.2) is 53.1 Å². The molecule has 0 aliphatic carbocycles. The van der Waals surface area contributed by atoms with E-state index in [1.807, 2.05) is 19.1 Å². The van der Waals surface area contributed by atoms with Crippen molar-refractivity contribution in [3.8, 4) is 17.1 Å². The lowest BCUT2D eigenvalue weighted by Gasteiger charge is -2.29. The number of aromatic nitrogens is 2. The molecule has 1 N–H and O–H groups in total. The first-order valence-corrected chi connectivity index (χ1v) is 13.2. The molecule has 1 aliphatic rings. The van der Waals surface area contributed by atoms with Gasteiger partial charge in [-0.25, -0.2) is 4.98 Å². The van der Waals surface area contributed by atoms with E-state index in [0.717, 1.165) is 26.1 Å². The Morgan fingerprint density at radius 2 is 1.97 bits per heavy atom. The maximum absolute atomic E-state index is 13.6. The maximum Gasteiger partial charge on any atom is 0.262 e. The first-order chi connectivity index (χ1) is 17.4. The molecule has 3 aromatic rings. The summed E-state index contributed by atoms with van der Waals surface area (Å²) >= 11 is 6.21. The Kier molecular flexibility index (Phi) is 8.99. The third kappa shape index (κ3) is 6.65. The Bertz CT molecular complexity index is 1250. The Balaban J connectivity index is 1.60. The summed E-state index contributed by atoms with van der Waals surface area (Å²) in [5.41, 5.74) is 0.944. The molecule has 1 atom stereocenters. The van der Waals surface area contributed by atoms with Gasteiger partial charge in [-0.3, -0.25) is 14.2 Å². The van der Waals surface area contributed by atoms with Gasteiger partial charge in [0.15, 0.2) is 0 Å². The number of nitrogens with one attached hydrogen (secondary N) is 1. The van der Waals surface area contributed by atoms with Gasteiger partial charge in [0, 0.05) is 29.6 Å². The number of halogens is 1. The average molecular weight is 511 g/mol. The van der Waals surface area contributed by atoms with Crippen LogP contribution in [0.3, 0.4) is 0 Å². The normalized spacial score (nSPS) is 15.1. The second kappa shape index (κ2) is 12.4. The molecule has 0 unspecified atom stereocenters. The van der Waals surface area contributed by atoms with Crippen LogP contribution in [0, 0.1) is 5.92 Å². The fraction of sp³-hybridized carbons (Fsp3) is 0.464. The number of likely N-dealkylation sites (tertiary alicyclic amines) is 1. The number of nitrogens with zero attached hydrogens (tertiary/aromatic N) is 3. The van der Waals surface area contributed by atoms with E-state index in [1.165, 1.54) is 23.8 Å². The van der Waals surface area contributed by atoms with Gasteiger partial charge in [0.05, 0.1) is 17.5 Å². The topological polar surface area (TPSA) is 76.5 Å². The molecule has 0 saturated carbocycles. The van der Waals surface area contributed by atoms with E-state index in [4.69, 9.17) is 21.3 Å². The van der Waals surface area contributed by atoms with Crippen molar-refractivity contribution in [3.05, 3.63) is 57.8 Å². The molecule has 1 aromatic heterocycles. The molecular formula is C28H35ClN4O3. The molecule has 2 heterocycles. The van der Waals surface area contributed by atoms with Crippen LogP contribution in [0.1, 0.15) is 39.5 Å². The van der Waals surface area contributed by atoms with E-state index in [0.29, 0.717) is 52.1 Å². The van der Waals surface area contributed by atoms with Crippen LogP contribution < -0.4 is 15.6 Å². The quantitative estimate of drug-likeness (QED) is 0.426. The van der Waals surface area contributed by atoms with Crippen molar-refractivity contribution in [2.24, 2.45) is 5.92 Å². The standard InChI is InChI=1S/C28H35ClN4O3/c1-3-12-30-26(34)18-33-27(21-8-7-9-22(29)15-21)31-25-11-10-23(16-24(25)28(33)35)36-19-20(2)17-32-13-5-4-6-14-32/h7-11,15-16,20H,3-6,12-14,17-19H2,1-2H3,(H,30,34)/t20-/m0/s1. The Morgan fingerprint density at radius 3 is 2.72 bits per heavy atom. The Morgan fingerprint density at radius 1 is 1.17 bits per heavy atom. The number of hydrogen-bond donors (Lipinski definition) is 1. The summed E-state index contributed by atoms with van der Waals surface area (Å²) in [6, 6.07) is 12.5. The van der Waals surface area contributed by atoms with Crippen LogP contribution in [0.4, 0.5) is 0 Å². The van der Waals surface area contributed by atoms with Crippen molar-refractivity contribution < 1.29 is 9.53 Å². The minimum atomic E-state index is -0.284.